The van der Waals surface area contributed by atoms with E-state index in [1.807, 2.05) is 31.8 Å². The number of piperidine rings is 1. The summed E-state index contributed by atoms with van der Waals surface area (Å²) in [7, 11) is 0. The number of hydrazine groups is 1. The average molecular weight is 396 g/mol. The Kier molecular flexibility index (Phi) is 5.53. The molecule has 0 bridgehead atoms. The number of hydrogen-bond acceptors (Lipinski definition) is 4. The van der Waals surface area contributed by atoms with Gasteiger partial charge in [0.25, 0.3) is 5.91 Å². The van der Waals surface area contributed by atoms with Gasteiger partial charge in [-0.2, -0.15) is 0 Å². The van der Waals surface area contributed by atoms with E-state index in [9.17, 15) is 14.7 Å². The predicted molar refractivity (Wildman–Crippen MR) is 102 cm³/mol. The Labute approximate surface area is 164 Å². The first-order chi connectivity index (χ1) is 12.6. The maximum atomic E-state index is 12.5. The number of amides is 2. The standard InChI is InChI=1S/C19H26ClN3O4/c1-19(2,3)23(18(25)26)14-6-8-22(9-7-14)21-17(24)16-11-12-10-13(20)4-5-15(12)27-16/h4-5,10,14,16H,6-9,11H2,1-3H3,(H,21,24)(H,25,26)/t16-/m0/s1. The molecule has 0 spiro atoms. The van der Waals surface area contributed by atoms with Crippen LogP contribution in [0.4, 0.5) is 4.79 Å². The number of ether oxygens (including phenoxy) is 1. The maximum Gasteiger partial charge on any atom is 0.407 e. The van der Waals surface area contributed by atoms with Crippen LogP contribution in [-0.2, 0) is 11.2 Å². The Bertz CT molecular complexity index is 726. The molecular formula is C19H26ClN3O4. The molecule has 0 aromatic heterocycles. The number of rotatable bonds is 3. The highest BCUT2D eigenvalue weighted by atomic mass is 35.5. The van der Waals surface area contributed by atoms with E-state index in [0.717, 1.165) is 5.56 Å². The zero-order chi connectivity index (χ0) is 19.8. The fourth-order valence-corrected chi connectivity index (χ4v) is 4.01. The van der Waals surface area contributed by atoms with Crippen LogP contribution in [0.15, 0.2) is 18.2 Å². The molecule has 0 unspecified atom stereocenters. The minimum atomic E-state index is -0.902. The van der Waals surface area contributed by atoms with Crippen molar-refractivity contribution in [3.63, 3.8) is 0 Å². The van der Waals surface area contributed by atoms with Crippen molar-refractivity contribution < 1.29 is 19.4 Å². The molecule has 2 aliphatic heterocycles. The topological polar surface area (TPSA) is 82.1 Å². The summed E-state index contributed by atoms with van der Waals surface area (Å²) in [5.74, 6) is 0.507. The lowest BCUT2D eigenvalue weighted by atomic mass is 9.97. The monoisotopic (exact) mass is 395 g/mol. The Hall–Kier alpha value is -1.99. The maximum absolute atomic E-state index is 12.5. The van der Waals surface area contributed by atoms with E-state index in [1.165, 1.54) is 4.90 Å². The van der Waals surface area contributed by atoms with Crippen LogP contribution < -0.4 is 10.2 Å². The van der Waals surface area contributed by atoms with Crippen LogP contribution in [-0.4, -0.2) is 57.8 Å². The van der Waals surface area contributed by atoms with Crippen LogP contribution in [0, 0.1) is 0 Å². The van der Waals surface area contributed by atoms with Crippen LogP contribution in [0.1, 0.15) is 39.2 Å². The number of benzene rings is 1. The van der Waals surface area contributed by atoms with Crippen molar-refractivity contribution >= 4 is 23.6 Å². The number of nitrogens with one attached hydrogen (secondary N) is 1. The molecule has 148 valence electrons. The van der Waals surface area contributed by atoms with Gasteiger partial charge >= 0.3 is 6.09 Å². The summed E-state index contributed by atoms with van der Waals surface area (Å²) >= 11 is 5.99. The highest BCUT2D eigenvalue weighted by Gasteiger charge is 2.36. The van der Waals surface area contributed by atoms with E-state index in [0.29, 0.717) is 43.1 Å². The quantitative estimate of drug-likeness (QED) is 0.822. The molecule has 7 nitrogen and oxygen atoms in total. The molecule has 2 aliphatic rings. The molecule has 1 atom stereocenters. The molecule has 1 saturated heterocycles. The lowest BCUT2D eigenvalue weighted by Gasteiger charge is -2.43. The van der Waals surface area contributed by atoms with Crippen molar-refractivity contribution in [1.82, 2.24) is 15.3 Å². The molecule has 1 aromatic carbocycles. The molecule has 1 fully saturated rings. The van der Waals surface area contributed by atoms with Gasteiger partial charge in [0.1, 0.15) is 5.75 Å². The summed E-state index contributed by atoms with van der Waals surface area (Å²) in [5.41, 5.74) is 3.39. The Morgan fingerprint density at radius 2 is 1.96 bits per heavy atom. The first-order valence-corrected chi connectivity index (χ1v) is 9.56. The first kappa shape index (κ1) is 19.8. The summed E-state index contributed by atoms with van der Waals surface area (Å²) in [6.45, 7) is 6.90. The first-order valence-electron chi connectivity index (χ1n) is 9.18. The van der Waals surface area contributed by atoms with Crippen LogP contribution in [0.5, 0.6) is 5.75 Å². The van der Waals surface area contributed by atoms with Crippen LogP contribution in [0.2, 0.25) is 5.02 Å². The van der Waals surface area contributed by atoms with Gasteiger partial charge in [-0.1, -0.05) is 11.6 Å². The molecule has 8 heteroatoms. The molecule has 2 N–H and O–H groups in total. The molecule has 0 saturated carbocycles. The molecule has 0 radical (unpaired) electrons. The number of fused-ring (bicyclic) bond motifs is 1. The minimum Gasteiger partial charge on any atom is -0.480 e. The van der Waals surface area contributed by atoms with Gasteiger partial charge in [0, 0.05) is 36.1 Å². The van der Waals surface area contributed by atoms with Gasteiger partial charge in [0.2, 0.25) is 0 Å². The van der Waals surface area contributed by atoms with Gasteiger partial charge in [-0.25, -0.2) is 9.80 Å². The third-order valence-electron chi connectivity index (χ3n) is 5.02. The molecule has 0 aliphatic carbocycles. The third-order valence-corrected chi connectivity index (χ3v) is 5.25. The Morgan fingerprint density at radius 3 is 2.56 bits per heavy atom. The van der Waals surface area contributed by atoms with Gasteiger partial charge in [0.05, 0.1) is 0 Å². The van der Waals surface area contributed by atoms with Crippen molar-refractivity contribution in [2.24, 2.45) is 0 Å². The summed E-state index contributed by atoms with van der Waals surface area (Å²) < 4.78 is 5.72. The van der Waals surface area contributed by atoms with Crippen molar-refractivity contribution in [3.05, 3.63) is 28.8 Å². The largest absolute Gasteiger partial charge is 0.480 e. The third kappa shape index (κ3) is 4.47. The molecule has 2 heterocycles. The fraction of sp³-hybridized carbons (Fsp3) is 0.579. The summed E-state index contributed by atoms with van der Waals surface area (Å²) in [4.78, 5) is 25.7. The van der Waals surface area contributed by atoms with Crippen molar-refractivity contribution in [2.75, 3.05) is 13.1 Å². The summed E-state index contributed by atoms with van der Waals surface area (Å²) in [5, 5.41) is 12.0. The molecule has 3 rings (SSSR count). The highest BCUT2D eigenvalue weighted by Crippen LogP contribution is 2.31. The normalized spacial score (nSPS) is 20.7. The van der Waals surface area contributed by atoms with Gasteiger partial charge in [-0.3, -0.25) is 10.2 Å². The van der Waals surface area contributed by atoms with Gasteiger partial charge < -0.3 is 14.7 Å². The predicted octanol–water partition coefficient (Wildman–Crippen LogP) is 2.92. The minimum absolute atomic E-state index is 0.0511. The van der Waals surface area contributed by atoms with E-state index < -0.39 is 17.7 Å². The van der Waals surface area contributed by atoms with Crippen LogP contribution in [0.3, 0.4) is 0 Å². The summed E-state index contributed by atoms with van der Waals surface area (Å²) in [6.07, 6.45) is 0.368. The smallest absolute Gasteiger partial charge is 0.407 e. The van der Waals surface area contributed by atoms with Gasteiger partial charge in [-0.15, -0.1) is 0 Å². The zero-order valence-corrected chi connectivity index (χ0v) is 16.6. The van der Waals surface area contributed by atoms with Crippen molar-refractivity contribution in [3.8, 4) is 5.75 Å². The molecule has 1 aromatic rings. The van der Waals surface area contributed by atoms with E-state index in [1.54, 1.807) is 12.1 Å². The second-order valence-corrected chi connectivity index (χ2v) is 8.52. The van der Waals surface area contributed by atoms with E-state index in [2.05, 4.69) is 5.43 Å². The van der Waals surface area contributed by atoms with Gasteiger partial charge in [-0.05, 0) is 57.4 Å². The Balaban J connectivity index is 1.52. The number of carbonyl (C=O) groups excluding carboxylic acids is 1. The highest BCUT2D eigenvalue weighted by molar-refractivity contribution is 6.30. The van der Waals surface area contributed by atoms with E-state index in [4.69, 9.17) is 16.3 Å². The lowest BCUT2D eigenvalue weighted by Crippen LogP contribution is -2.57. The second-order valence-electron chi connectivity index (χ2n) is 8.08. The second kappa shape index (κ2) is 7.56. The van der Waals surface area contributed by atoms with Crippen molar-refractivity contribution in [2.45, 2.75) is 57.7 Å². The number of carbonyl (C=O) groups is 2. The van der Waals surface area contributed by atoms with Crippen LogP contribution in [0.25, 0.3) is 0 Å². The average Bonchev–Trinajstić information content (AvgIpc) is 2.98. The van der Waals surface area contributed by atoms with Gasteiger partial charge in [0.15, 0.2) is 6.10 Å². The number of hydrogen-bond donors (Lipinski definition) is 2. The van der Waals surface area contributed by atoms with E-state index in [-0.39, 0.29) is 11.9 Å². The number of halogens is 1. The Morgan fingerprint density at radius 1 is 1.30 bits per heavy atom. The van der Waals surface area contributed by atoms with E-state index >= 15 is 0 Å². The zero-order valence-electron chi connectivity index (χ0n) is 15.9. The molecule has 27 heavy (non-hydrogen) atoms. The number of nitrogens with zero attached hydrogens (tertiary/aromatic N) is 2. The van der Waals surface area contributed by atoms with Crippen molar-refractivity contribution in [1.29, 1.82) is 0 Å². The SMILES string of the molecule is CC(C)(C)N(C(=O)O)C1CCN(NC(=O)[C@@H]2Cc3cc(Cl)ccc3O2)CC1. The molecule has 2 amide bonds. The lowest BCUT2D eigenvalue weighted by molar-refractivity contribution is -0.133. The fourth-order valence-electron chi connectivity index (χ4n) is 3.82. The summed E-state index contributed by atoms with van der Waals surface area (Å²) in [6, 6.07) is 5.30. The molecular weight excluding hydrogens is 370 g/mol. The number of carboxylic acid groups (broad SMARTS) is 1. The van der Waals surface area contributed by atoms with Crippen LogP contribution >= 0.6 is 11.6 Å².